The van der Waals surface area contributed by atoms with Crippen LogP contribution in [-0.2, 0) is 11.2 Å². The van der Waals surface area contributed by atoms with Crippen molar-refractivity contribution in [3.63, 3.8) is 0 Å². The fourth-order valence-corrected chi connectivity index (χ4v) is 3.81. The topological polar surface area (TPSA) is 62.2 Å². The van der Waals surface area contributed by atoms with Gasteiger partial charge in [-0.25, -0.2) is 4.98 Å². The predicted octanol–water partition coefficient (Wildman–Crippen LogP) is 3.47. The highest BCUT2D eigenvalue weighted by molar-refractivity contribution is 7.09. The fraction of sp³-hybridized carbons (Fsp3) is 0.474. The SMILES string of the molecule is Cc1nc(-c2ccc(CC(=O)NCC3(O)CCCCC3)cc2)cs1. The molecule has 0 radical (unpaired) electrons. The number of aryl methyl sites for hydroxylation is 1. The number of benzene rings is 1. The summed E-state index contributed by atoms with van der Waals surface area (Å²) in [7, 11) is 0. The van der Waals surface area contributed by atoms with E-state index in [1.54, 1.807) is 11.3 Å². The summed E-state index contributed by atoms with van der Waals surface area (Å²) in [6.45, 7) is 2.36. The summed E-state index contributed by atoms with van der Waals surface area (Å²) in [6, 6.07) is 7.95. The van der Waals surface area contributed by atoms with Crippen molar-refractivity contribution in [2.75, 3.05) is 6.54 Å². The van der Waals surface area contributed by atoms with Crippen LogP contribution in [0.15, 0.2) is 29.6 Å². The maximum atomic E-state index is 12.1. The van der Waals surface area contributed by atoms with E-state index in [1.807, 2.05) is 36.6 Å². The average molecular weight is 344 g/mol. The van der Waals surface area contributed by atoms with Crippen LogP contribution in [0.5, 0.6) is 0 Å². The van der Waals surface area contributed by atoms with Crippen molar-refractivity contribution in [3.05, 3.63) is 40.2 Å². The first-order valence-electron chi connectivity index (χ1n) is 8.55. The van der Waals surface area contributed by atoms with Crippen LogP contribution in [-0.4, -0.2) is 28.1 Å². The molecule has 1 fully saturated rings. The van der Waals surface area contributed by atoms with Crippen molar-refractivity contribution in [1.29, 1.82) is 0 Å². The van der Waals surface area contributed by atoms with E-state index in [-0.39, 0.29) is 5.91 Å². The molecule has 0 bridgehead atoms. The number of amides is 1. The maximum Gasteiger partial charge on any atom is 0.224 e. The highest BCUT2D eigenvalue weighted by Crippen LogP contribution is 2.27. The third-order valence-electron chi connectivity index (χ3n) is 4.63. The Kier molecular flexibility index (Phi) is 5.31. The number of thiazole rings is 1. The van der Waals surface area contributed by atoms with E-state index in [0.29, 0.717) is 13.0 Å². The quantitative estimate of drug-likeness (QED) is 0.873. The number of nitrogens with zero attached hydrogens (tertiary/aromatic N) is 1. The minimum atomic E-state index is -0.708. The van der Waals surface area contributed by atoms with Crippen molar-refractivity contribution in [1.82, 2.24) is 10.3 Å². The van der Waals surface area contributed by atoms with Gasteiger partial charge in [0.05, 0.1) is 22.7 Å². The van der Waals surface area contributed by atoms with Crippen LogP contribution >= 0.6 is 11.3 Å². The number of carbonyl (C=O) groups is 1. The molecule has 0 atom stereocenters. The highest BCUT2D eigenvalue weighted by atomic mass is 32.1. The third-order valence-corrected chi connectivity index (χ3v) is 5.41. The summed E-state index contributed by atoms with van der Waals surface area (Å²) in [4.78, 5) is 16.6. The minimum Gasteiger partial charge on any atom is -0.388 e. The van der Waals surface area contributed by atoms with E-state index >= 15 is 0 Å². The van der Waals surface area contributed by atoms with Gasteiger partial charge in [-0.3, -0.25) is 4.79 Å². The normalized spacial score (nSPS) is 16.8. The molecule has 1 aliphatic carbocycles. The molecule has 3 rings (SSSR count). The lowest BCUT2D eigenvalue weighted by molar-refractivity contribution is -0.122. The Labute approximate surface area is 146 Å². The molecule has 1 amide bonds. The molecule has 0 saturated heterocycles. The molecule has 128 valence electrons. The second-order valence-corrected chi connectivity index (χ2v) is 7.75. The molecule has 1 aliphatic rings. The van der Waals surface area contributed by atoms with Gasteiger partial charge >= 0.3 is 0 Å². The van der Waals surface area contributed by atoms with E-state index in [9.17, 15) is 9.90 Å². The molecule has 0 unspecified atom stereocenters. The Hall–Kier alpha value is -1.72. The Bertz CT molecular complexity index is 688. The molecule has 24 heavy (non-hydrogen) atoms. The van der Waals surface area contributed by atoms with Crippen LogP contribution in [0.3, 0.4) is 0 Å². The van der Waals surface area contributed by atoms with Crippen LogP contribution < -0.4 is 5.32 Å². The highest BCUT2D eigenvalue weighted by Gasteiger charge is 2.29. The van der Waals surface area contributed by atoms with E-state index in [1.165, 1.54) is 6.42 Å². The van der Waals surface area contributed by atoms with Gasteiger partial charge in [0.1, 0.15) is 0 Å². The van der Waals surface area contributed by atoms with Crippen molar-refractivity contribution >= 4 is 17.2 Å². The second kappa shape index (κ2) is 7.45. The molecule has 0 spiro atoms. The lowest BCUT2D eigenvalue weighted by Gasteiger charge is -2.32. The Balaban J connectivity index is 1.53. The van der Waals surface area contributed by atoms with Gasteiger partial charge in [-0.1, -0.05) is 43.5 Å². The first kappa shape index (κ1) is 17.1. The predicted molar refractivity (Wildman–Crippen MR) is 97.0 cm³/mol. The van der Waals surface area contributed by atoms with Crippen LogP contribution in [0.4, 0.5) is 0 Å². The lowest BCUT2D eigenvalue weighted by atomic mass is 9.85. The molecular formula is C19H24N2O2S. The van der Waals surface area contributed by atoms with Gasteiger partial charge in [0.25, 0.3) is 0 Å². The van der Waals surface area contributed by atoms with Crippen LogP contribution in [0.1, 0.15) is 42.7 Å². The number of hydrogen-bond donors (Lipinski definition) is 2. The van der Waals surface area contributed by atoms with Crippen molar-refractivity contribution < 1.29 is 9.90 Å². The van der Waals surface area contributed by atoms with E-state index < -0.39 is 5.60 Å². The first-order chi connectivity index (χ1) is 11.5. The molecule has 2 N–H and O–H groups in total. The molecule has 0 aliphatic heterocycles. The van der Waals surface area contributed by atoms with Gasteiger partial charge in [0.15, 0.2) is 0 Å². The standard InChI is InChI=1S/C19H24N2O2S/c1-14-21-17(12-24-14)16-7-5-15(6-8-16)11-18(22)20-13-19(23)9-3-2-4-10-19/h5-8,12,23H,2-4,9-11,13H2,1H3,(H,20,22). The Morgan fingerprint density at radius 1 is 1.25 bits per heavy atom. The van der Waals surface area contributed by atoms with E-state index in [2.05, 4.69) is 10.3 Å². The summed E-state index contributed by atoms with van der Waals surface area (Å²) in [6.07, 6.45) is 5.19. The molecular weight excluding hydrogens is 320 g/mol. The maximum absolute atomic E-state index is 12.1. The number of nitrogens with one attached hydrogen (secondary N) is 1. The molecule has 1 aromatic carbocycles. The number of carbonyl (C=O) groups excluding carboxylic acids is 1. The second-order valence-electron chi connectivity index (χ2n) is 6.69. The zero-order valence-corrected chi connectivity index (χ0v) is 14.9. The molecule has 2 aromatic rings. The van der Waals surface area contributed by atoms with Gasteiger partial charge in [0.2, 0.25) is 5.91 Å². The zero-order chi connectivity index (χ0) is 17.0. The molecule has 4 nitrogen and oxygen atoms in total. The smallest absolute Gasteiger partial charge is 0.224 e. The summed E-state index contributed by atoms with van der Waals surface area (Å²) in [5.41, 5.74) is 2.31. The fourth-order valence-electron chi connectivity index (χ4n) is 3.19. The van der Waals surface area contributed by atoms with Crippen molar-refractivity contribution in [2.24, 2.45) is 0 Å². The monoisotopic (exact) mass is 344 g/mol. The van der Waals surface area contributed by atoms with Gasteiger partial charge < -0.3 is 10.4 Å². The van der Waals surface area contributed by atoms with Gasteiger partial charge in [-0.2, -0.15) is 0 Å². The van der Waals surface area contributed by atoms with Crippen molar-refractivity contribution in [2.45, 2.75) is 51.0 Å². The van der Waals surface area contributed by atoms with Gasteiger partial charge in [-0.15, -0.1) is 11.3 Å². The number of aromatic nitrogens is 1. The molecule has 1 saturated carbocycles. The van der Waals surface area contributed by atoms with Gasteiger partial charge in [-0.05, 0) is 25.3 Å². The number of rotatable bonds is 5. The van der Waals surface area contributed by atoms with Crippen LogP contribution in [0, 0.1) is 6.92 Å². The largest absolute Gasteiger partial charge is 0.388 e. The molecule has 1 heterocycles. The minimum absolute atomic E-state index is 0.0359. The van der Waals surface area contributed by atoms with Gasteiger partial charge in [0, 0.05) is 17.5 Å². The number of aliphatic hydroxyl groups is 1. The van der Waals surface area contributed by atoms with Crippen LogP contribution in [0.25, 0.3) is 11.3 Å². The lowest BCUT2D eigenvalue weighted by Crippen LogP contribution is -2.44. The summed E-state index contributed by atoms with van der Waals surface area (Å²) < 4.78 is 0. The zero-order valence-electron chi connectivity index (χ0n) is 14.0. The third kappa shape index (κ3) is 4.42. The summed E-state index contributed by atoms with van der Waals surface area (Å²) >= 11 is 1.63. The number of hydrogen-bond acceptors (Lipinski definition) is 4. The Morgan fingerprint density at radius 2 is 1.96 bits per heavy atom. The summed E-state index contributed by atoms with van der Waals surface area (Å²) in [5.74, 6) is -0.0359. The van der Waals surface area contributed by atoms with Crippen molar-refractivity contribution in [3.8, 4) is 11.3 Å². The molecule has 5 heteroatoms. The first-order valence-corrected chi connectivity index (χ1v) is 9.43. The van der Waals surface area contributed by atoms with E-state index in [4.69, 9.17) is 0 Å². The molecule has 1 aromatic heterocycles. The average Bonchev–Trinajstić information content (AvgIpc) is 3.01. The van der Waals surface area contributed by atoms with Crippen LogP contribution in [0.2, 0.25) is 0 Å². The Morgan fingerprint density at radius 3 is 2.58 bits per heavy atom. The van der Waals surface area contributed by atoms with E-state index in [0.717, 1.165) is 47.5 Å². The summed E-state index contributed by atoms with van der Waals surface area (Å²) in [5, 5.41) is 16.4.